The number of hydrogen-bond donors (Lipinski definition) is 0. The lowest BCUT2D eigenvalue weighted by Crippen LogP contribution is -2.21. The van der Waals surface area contributed by atoms with Crippen LogP contribution in [0.3, 0.4) is 0 Å². The molecule has 0 fully saturated rings. The summed E-state index contributed by atoms with van der Waals surface area (Å²) in [5.41, 5.74) is -2.40. The minimum absolute atomic E-state index is 0.481. The van der Waals surface area contributed by atoms with E-state index in [1.54, 1.807) is 0 Å². The Bertz CT molecular complexity index is 1290. The zero-order valence-corrected chi connectivity index (χ0v) is 25.3. The van der Waals surface area contributed by atoms with E-state index in [0.717, 1.165) is 57.6 Å². The normalized spacial score (nSPS) is 20.2. The summed E-state index contributed by atoms with van der Waals surface area (Å²) in [7, 11) is 0. The summed E-state index contributed by atoms with van der Waals surface area (Å²) < 4.78 is 32.7. The Hall–Kier alpha value is -3.60. The summed E-state index contributed by atoms with van der Waals surface area (Å²) in [6.45, 7) is 21.3. The van der Waals surface area contributed by atoms with Gasteiger partial charge in [0, 0.05) is 0 Å². The van der Waals surface area contributed by atoms with Gasteiger partial charge in [-0.25, -0.2) is 0 Å². The second kappa shape index (κ2) is 8.22. The highest BCUT2D eigenvalue weighted by Gasteiger charge is 2.40. The van der Waals surface area contributed by atoms with Gasteiger partial charge in [0.2, 0.25) is 0 Å². The second-order valence-corrected chi connectivity index (χ2v) is 13.9. The van der Waals surface area contributed by atoms with E-state index in [9.17, 15) is 0 Å². The Balaban J connectivity index is 1.55. The highest BCUT2D eigenvalue weighted by atomic mass is 16.4. The molecule has 0 aliphatic carbocycles. The van der Waals surface area contributed by atoms with Gasteiger partial charge in [0.1, 0.15) is 57.6 Å². The lowest BCUT2D eigenvalue weighted by molar-refractivity contribution is 0.272. The second-order valence-electron chi connectivity index (χ2n) is 13.9. The molecule has 1 aliphatic rings. The molecule has 0 spiro atoms. The molecular formula is C35H40O5. The van der Waals surface area contributed by atoms with Crippen molar-refractivity contribution in [2.75, 3.05) is 0 Å². The van der Waals surface area contributed by atoms with Gasteiger partial charge < -0.3 is 22.1 Å². The lowest BCUT2D eigenvalue weighted by Gasteiger charge is -2.25. The monoisotopic (exact) mass is 540 g/mol. The molecule has 6 rings (SSSR count). The Kier molecular flexibility index (Phi) is 5.47. The van der Waals surface area contributed by atoms with Gasteiger partial charge in [-0.2, -0.15) is 0 Å². The number of rotatable bonds is 0. The largest absolute Gasteiger partial charge is 0.464 e. The first-order valence-electron chi connectivity index (χ1n) is 14.1. The van der Waals surface area contributed by atoms with Crippen molar-refractivity contribution in [3.8, 4) is 0 Å². The third-order valence-electron chi connectivity index (χ3n) is 9.19. The van der Waals surface area contributed by atoms with Crippen LogP contribution in [0.15, 0.2) is 82.7 Å². The molecule has 0 saturated heterocycles. The minimum Gasteiger partial charge on any atom is -0.464 e. The topological polar surface area (TPSA) is 65.7 Å². The summed E-state index contributed by atoms with van der Waals surface area (Å²) in [6, 6.07) is 20.5. The molecular weight excluding hydrogens is 500 g/mol. The summed E-state index contributed by atoms with van der Waals surface area (Å²) in [5, 5.41) is 0. The quantitative estimate of drug-likeness (QED) is 0.196. The first-order chi connectivity index (χ1) is 18.6. The van der Waals surface area contributed by atoms with E-state index in [4.69, 9.17) is 22.1 Å². The van der Waals surface area contributed by atoms with Crippen molar-refractivity contribution in [3.63, 3.8) is 0 Å². The van der Waals surface area contributed by atoms with E-state index >= 15 is 0 Å². The third-order valence-corrected chi connectivity index (χ3v) is 9.19. The Morgan fingerprint density at radius 1 is 0.250 bits per heavy atom. The van der Waals surface area contributed by atoms with Crippen molar-refractivity contribution in [3.05, 3.63) is 118 Å². The molecule has 0 N–H and O–H groups in total. The minimum atomic E-state index is -0.481. The maximum Gasteiger partial charge on any atom is 0.117 e. The number of hydrogen-bond acceptors (Lipinski definition) is 5. The fourth-order valence-corrected chi connectivity index (χ4v) is 5.66. The molecule has 0 radical (unpaired) electrons. The van der Waals surface area contributed by atoms with Crippen LogP contribution >= 0.6 is 0 Å². The predicted molar refractivity (Wildman–Crippen MR) is 154 cm³/mol. The van der Waals surface area contributed by atoms with Crippen molar-refractivity contribution in [2.24, 2.45) is 0 Å². The highest BCUT2D eigenvalue weighted by molar-refractivity contribution is 5.38. The van der Waals surface area contributed by atoms with E-state index < -0.39 is 27.1 Å². The smallest absolute Gasteiger partial charge is 0.117 e. The van der Waals surface area contributed by atoms with E-state index in [0.29, 0.717) is 0 Å². The Morgan fingerprint density at radius 3 is 0.450 bits per heavy atom. The van der Waals surface area contributed by atoms with Gasteiger partial charge in [-0.15, -0.1) is 0 Å². The fraction of sp³-hybridized carbons (Fsp3) is 0.429. The zero-order valence-electron chi connectivity index (χ0n) is 25.3. The van der Waals surface area contributed by atoms with Crippen LogP contribution in [0.4, 0.5) is 0 Å². The number of fused-ring (bicyclic) bond motifs is 10. The molecule has 40 heavy (non-hydrogen) atoms. The summed E-state index contributed by atoms with van der Waals surface area (Å²) >= 11 is 0. The van der Waals surface area contributed by atoms with Gasteiger partial charge in [0.15, 0.2) is 0 Å². The molecule has 1 aliphatic heterocycles. The van der Waals surface area contributed by atoms with Crippen LogP contribution in [0, 0.1) is 0 Å². The highest BCUT2D eigenvalue weighted by Crippen LogP contribution is 2.45. The fourth-order valence-electron chi connectivity index (χ4n) is 5.66. The number of furan rings is 5. The average Bonchev–Trinajstić information content (AvgIpc) is 3.72. The van der Waals surface area contributed by atoms with Crippen molar-refractivity contribution in [1.29, 1.82) is 0 Å². The van der Waals surface area contributed by atoms with Gasteiger partial charge in [0.25, 0.3) is 0 Å². The van der Waals surface area contributed by atoms with Crippen LogP contribution in [0.5, 0.6) is 0 Å². The van der Waals surface area contributed by atoms with Crippen molar-refractivity contribution >= 4 is 0 Å². The van der Waals surface area contributed by atoms with Gasteiger partial charge in [-0.3, -0.25) is 0 Å². The summed E-state index contributed by atoms with van der Waals surface area (Å²) in [6.07, 6.45) is 0. The van der Waals surface area contributed by atoms with Crippen LogP contribution in [0.1, 0.15) is 127 Å². The molecule has 0 amide bonds. The molecule has 10 bridgehead atoms. The average molecular weight is 541 g/mol. The molecule has 210 valence electrons. The summed E-state index contributed by atoms with van der Waals surface area (Å²) in [5.74, 6) is 8.34. The van der Waals surface area contributed by atoms with Crippen LogP contribution in [-0.4, -0.2) is 0 Å². The Labute approximate surface area is 236 Å². The van der Waals surface area contributed by atoms with E-state index in [1.165, 1.54) is 0 Å². The first kappa shape index (κ1) is 26.6. The van der Waals surface area contributed by atoms with E-state index in [1.807, 2.05) is 60.7 Å². The zero-order chi connectivity index (χ0) is 28.9. The molecule has 5 heteroatoms. The van der Waals surface area contributed by atoms with Crippen molar-refractivity contribution in [2.45, 2.75) is 96.3 Å². The van der Waals surface area contributed by atoms with Gasteiger partial charge >= 0.3 is 0 Å². The van der Waals surface area contributed by atoms with E-state index in [-0.39, 0.29) is 0 Å². The molecule has 0 saturated carbocycles. The SMILES string of the molecule is CC1(C)c2ccc(o2)C(C)(C)c2ccc(o2)C(C)(C)c2ccc(o2)C(C)(C)c2ccc(o2)C(C)(C)c2ccc1o2. The van der Waals surface area contributed by atoms with Crippen LogP contribution < -0.4 is 0 Å². The molecule has 5 aromatic heterocycles. The maximum atomic E-state index is 6.55. The van der Waals surface area contributed by atoms with Gasteiger partial charge in [-0.05, 0) is 130 Å². The van der Waals surface area contributed by atoms with Crippen LogP contribution in [-0.2, 0) is 27.1 Å². The van der Waals surface area contributed by atoms with Crippen molar-refractivity contribution in [1.82, 2.24) is 0 Å². The van der Waals surface area contributed by atoms with Gasteiger partial charge in [-0.1, -0.05) is 0 Å². The van der Waals surface area contributed by atoms with E-state index in [2.05, 4.69) is 69.2 Å². The standard InChI is InChI=1S/C35H40O5/c1-31(2)21-11-13-23(36-21)32(3,4)25-15-17-27(38-25)34(7,8)29-19-20-30(40-29)35(9,10)28-18-16-26(39-28)33(5,6)24-14-12-22(31)37-24/h11-20H,1-10H3. The van der Waals surface area contributed by atoms with Crippen LogP contribution in [0.2, 0.25) is 0 Å². The maximum absolute atomic E-state index is 6.55. The van der Waals surface area contributed by atoms with Crippen molar-refractivity contribution < 1.29 is 22.1 Å². The lowest BCUT2D eigenvalue weighted by atomic mass is 9.87. The summed E-state index contributed by atoms with van der Waals surface area (Å²) in [4.78, 5) is 0. The molecule has 0 atom stereocenters. The molecule has 0 unspecified atom stereocenters. The third kappa shape index (κ3) is 3.73. The Morgan fingerprint density at radius 2 is 0.350 bits per heavy atom. The molecule has 0 aromatic carbocycles. The molecule has 5 aromatic rings. The van der Waals surface area contributed by atoms with Gasteiger partial charge in [0.05, 0.1) is 27.1 Å². The predicted octanol–water partition coefficient (Wildman–Crippen LogP) is 9.59. The molecule has 6 heterocycles. The molecule has 5 nitrogen and oxygen atoms in total. The first-order valence-corrected chi connectivity index (χ1v) is 14.1. The van der Waals surface area contributed by atoms with Crippen LogP contribution in [0.25, 0.3) is 0 Å².